The van der Waals surface area contributed by atoms with Crippen molar-refractivity contribution in [1.82, 2.24) is 9.47 Å². The summed E-state index contributed by atoms with van der Waals surface area (Å²) in [5, 5.41) is 9.00. The highest BCUT2D eigenvalue weighted by molar-refractivity contribution is 5.15. The first-order valence-electron chi connectivity index (χ1n) is 4.86. The molecule has 0 saturated carbocycles. The molecule has 3 nitrogen and oxygen atoms in total. The molecule has 0 saturated heterocycles. The van der Waals surface area contributed by atoms with E-state index in [1.54, 1.807) is 4.57 Å². The van der Waals surface area contributed by atoms with Gasteiger partial charge in [0.15, 0.2) is 6.10 Å². The van der Waals surface area contributed by atoms with Crippen LogP contribution in [0.3, 0.4) is 0 Å². The van der Waals surface area contributed by atoms with Crippen molar-refractivity contribution in [3.05, 3.63) is 24.0 Å². The van der Waals surface area contributed by atoms with Crippen molar-refractivity contribution in [3.8, 4) is 0 Å². The molecule has 0 aliphatic carbocycles. The van der Waals surface area contributed by atoms with Gasteiger partial charge in [-0.25, -0.2) is 0 Å². The lowest BCUT2D eigenvalue weighted by Gasteiger charge is -2.13. The highest BCUT2D eigenvalue weighted by Crippen LogP contribution is 2.32. The average molecular weight is 236 g/mol. The Hall–Kier alpha value is -1.01. The van der Waals surface area contributed by atoms with Gasteiger partial charge in [-0.1, -0.05) is 0 Å². The number of halogens is 3. The van der Waals surface area contributed by atoms with Gasteiger partial charge in [-0.15, -0.1) is 0 Å². The van der Waals surface area contributed by atoms with E-state index in [0.29, 0.717) is 6.54 Å². The van der Waals surface area contributed by atoms with E-state index in [-0.39, 0.29) is 5.56 Å². The van der Waals surface area contributed by atoms with E-state index in [4.69, 9.17) is 5.11 Å². The zero-order valence-corrected chi connectivity index (χ0v) is 9.20. The number of rotatable bonds is 4. The molecule has 1 aromatic heterocycles. The fraction of sp³-hybridized carbons (Fsp3) is 0.600. The van der Waals surface area contributed by atoms with E-state index in [2.05, 4.69) is 0 Å². The largest absolute Gasteiger partial charge is 0.418 e. The third-order valence-corrected chi connectivity index (χ3v) is 2.20. The van der Waals surface area contributed by atoms with Gasteiger partial charge in [0, 0.05) is 31.0 Å². The van der Waals surface area contributed by atoms with Crippen molar-refractivity contribution in [2.75, 3.05) is 20.6 Å². The number of nitrogens with zero attached hydrogens (tertiary/aromatic N) is 2. The first kappa shape index (κ1) is 13.1. The highest BCUT2D eigenvalue weighted by Gasteiger charge is 2.39. The second-order valence-electron chi connectivity index (χ2n) is 3.93. The van der Waals surface area contributed by atoms with Crippen LogP contribution in [0.1, 0.15) is 11.7 Å². The Bertz CT molecular complexity index is 333. The van der Waals surface area contributed by atoms with Gasteiger partial charge in [-0.3, -0.25) is 0 Å². The van der Waals surface area contributed by atoms with Gasteiger partial charge < -0.3 is 14.6 Å². The number of hydrogen-bond acceptors (Lipinski definition) is 2. The fourth-order valence-electron chi connectivity index (χ4n) is 1.26. The molecule has 0 aromatic carbocycles. The molecule has 0 aliphatic rings. The van der Waals surface area contributed by atoms with Gasteiger partial charge in [0.1, 0.15) is 0 Å². The Kier molecular flexibility index (Phi) is 3.98. The molecule has 16 heavy (non-hydrogen) atoms. The zero-order chi connectivity index (χ0) is 12.3. The van der Waals surface area contributed by atoms with Crippen LogP contribution in [0.15, 0.2) is 18.5 Å². The van der Waals surface area contributed by atoms with Crippen LogP contribution in [0, 0.1) is 0 Å². The monoisotopic (exact) mass is 236 g/mol. The smallest absolute Gasteiger partial charge is 0.379 e. The van der Waals surface area contributed by atoms with E-state index in [9.17, 15) is 13.2 Å². The molecule has 1 aromatic rings. The van der Waals surface area contributed by atoms with Crippen LogP contribution >= 0.6 is 0 Å². The summed E-state index contributed by atoms with van der Waals surface area (Å²) >= 11 is 0. The molecule has 0 aliphatic heterocycles. The molecule has 1 atom stereocenters. The van der Waals surface area contributed by atoms with Gasteiger partial charge in [-0.05, 0) is 20.2 Å². The third-order valence-electron chi connectivity index (χ3n) is 2.20. The van der Waals surface area contributed by atoms with Gasteiger partial charge >= 0.3 is 6.18 Å². The number of aromatic nitrogens is 1. The third kappa shape index (κ3) is 3.53. The van der Waals surface area contributed by atoms with Crippen LogP contribution < -0.4 is 0 Å². The van der Waals surface area contributed by atoms with Crippen molar-refractivity contribution in [2.24, 2.45) is 0 Å². The summed E-state index contributed by atoms with van der Waals surface area (Å²) in [6, 6.07) is 1.29. The maximum Gasteiger partial charge on any atom is 0.418 e. The predicted octanol–water partition coefficient (Wildman–Crippen LogP) is 1.65. The number of aliphatic hydroxyl groups excluding tert-OH is 1. The van der Waals surface area contributed by atoms with Crippen molar-refractivity contribution in [1.29, 1.82) is 0 Å². The van der Waals surface area contributed by atoms with Gasteiger partial charge in [0.25, 0.3) is 0 Å². The SMILES string of the molecule is CN(C)CCn1ccc(C(O)C(F)(F)F)c1. The molecule has 1 unspecified atom stereocenters. The molecule has 0 bridgehead atoms. The highest BCUT2D eigenvalue weighted by atomic mass is 19.4. The lowest BCUT2D eigenvalue weighted by atomic mass is 10.2. The van der Waals surface area contributed by atoms with Crippen LogP contribution in [-0.4, -0.2) is 41.4 Å². The minimum Gasteiger partial charge on any atom is -0.379 e. The molecule has 0 fully saturated rings. The Morgan fingerprint density at radius 1 is 1.44 bits per heavy atom. The summed E-state index contributed by atoms with van der Waals surface area (Å²) in [4.78, 5) is 1.93. The standard InChI is InChI=1S/C10H15F3N2O/c1-14(2)5-6-15-4-3-8(7-15)9(16)10(11,12)13/h3-4,7,9,16H,5-6H2,1-2H3. The lowest BCUT2D eigenvalue weighted by Crippen LogP contribution is -2.20. The number of alkyl halides is 3. The minimum atomic E-state index is -4.60. The average Bonchev–Trinajstić information content (AvgIpc) is 2.60. The molecule has 92 valence electrons. The fourth-order valence-corrected chi connectivity index (χ4v) is 1.26. The van der Waals surface area contributed by atoms with Crippen molar-refractivity contribution in [2.45, 2.75) is 18.8 Å². The Balaban J connectivity index is 2.64. The molecule has 6 heteroatoms. The van der Waals surface area contributed by atoms with E-state index >= 15 is 0 Å². The molecule has 1 rings (SSSR count). The summed E-state index contributed by atoms with van der Waals surface area (Å²) in [6.07, 6.45) is -4.14. The van der Waals surface area contributed by atoms with E-state index in [1.165, 1.54) is 18.5 Å². The van der Waals surface area contributed by atoms with E-state index < -0.39 is 12.3 Å². The number of aliphatic hydroxyl groups is 1. The molecular formula is C10H15F3N2O. The van der Waals surface area contributed by atoms with Gasteiger partial charge in [0.05, 0.1) is 0 Å². The number of likely N-dealkylation sites (N-methyl/N-ethyl adjacent to an activating group) is 1. The quantitative estimate of drug-likeness (QED) is 0.861. The molecule has 0 radical (unpaired) electrons. The molecular weight excluding hydrogens is 221 g/mol. The summed E-state index contributed by atoms with van der Waals surface area (Å²) in [5.41, 5.74) is -0.119. The second kappa shape index (κ2) is 4.88. The first-order chi connectivity index (χ1) is 7.30. The number of hydrogen-bond donors (Lipinski definition) is 1. The second-order valence-corrected chi connectivity index (χ2v) is 3.93. The van der Waals surface area contributed by atoms with Gasteiger partial charge in [0.2, 0.25) is 0 Å². The summed E-state index contributed by atoms with van der Waals surface area (Å²) in [7, 11) is 3.77. The van der Waals surface area contributed by atoms with Crippen molar-refractivity contribution in [3.63, 3.8) is 0 Å². The van der Waals surface area contributed by atoms with Gasteiger partial charge in [-0.2, -0.15) is 13.2 Å². The molecule has 0 amide bonds. The van der Waals surface area contributed by atoms with Crippen molar-refractivity contribution >= 4 is 0 Å². The Morgan fingerprint density at radius 2 is 2.06 bits per heavy atom. The van der Waals surface area contributed by atoms with Crippen LogP contribution in [0.2, 0.25) is 0 Å². The minimum absolute atomic E-state index is 0.119. The maximum absolute atomic E-state index is 12.2. The molecule has 1 heterocycles. The summed E-state index contributed by atoms with van der Waals surface area (Å²) in [5.74, 6) is 0. The van der Waals surface area contributed by atoms with Crippen LogP contribution in [-0.2, 0) is 6.54 Å². The summed E-state index contributed by atoms with van der Waals surface area (Å²) in [6.45, 7) is 1.33. The van der Waals surface area contributed by atoms with Crippen LogP contribution in [0.4, 0.5) is 13.2 Å². The predicted molar refractivity (Wildman–Crippen MR) is 54.0 cm³/mol. The van der Waals surface area contributed by atoms with Crippen LogP contribution in [0.25, 0.3) is 0 Å². The lowest BCUT2D eigenvalue weighted by molar-refractivity contribution is -0.206. The summed E-state index contributed by atoms with van der Waals surface area (Å²) < 4.78 is 38.2. The topological polar surface area (TPSA) is 28.4 Å². The molecule has 1 N–H and O–H groups in total. The molecule has 0 spiro atoms. The van der Waals surface area contributed by atoms with E-state index in [0.717, 1.165) is 6.54 Å². The maximum atomic E-state index is 12.2. The van der Waals surface area contributed by atoms with Crippen LogP contribution in [0.5, 0.6) is 0 Å². The zero-order valence-electron chi connectivity index (χ0n) is 9.20. The first-order valence-corrected chi connectivity index (χ1v) is 4.86. The normalized spacial score (nSPS) is 14.4. The van der Waals surface area contributed by atoms with E-state index in [1.807, 2.05) is 19.0 Å². The van der Waals surface area contributed by atoms with Crippen molar-refractivity contribution < 1.29 is 18.3 Å². The Labute approximate surface area is 92.1 Å². The Morgan fingerprint density at radius 3 is 2.56 bits per heavy atom.